The van der Waals surface area contributed by atoms with Gasteiger partial charge >= 0.3 is 18.4 Å². The number of carbonyl (C=O) groups excluding carboxylic acids is 2. The number of alkyl halides is 3. The predicted molar refractivity (Wildman–Crippen MR) is 146 cm³/mol. The lowest BCUT2D eigenvalue weighted by molar-refractivity contribution is -0.275. The van der Waals surface area contributed by atoms with E-state index < -0.39 is 30.0 Å². The number of amides is 3. The van der Waals surface area contributed by atoms with Gasteiger partial charge in [0.2, 0.25) is 0 Å². The van der Waals surface area contributed by atoms with Gasteiger partial charge in [-0.05, 0) is 46.7 Å². The van der Waals surface area contributed by atoms with Crippen LogP contribution in [0.3, 0.4) is 0 Å². The first-order valence-corrected chi connectivity index (χ1v) is 12.5. The molecule has 3 N–H and O–H groups in total. The van der Waals surface area contributed by atoms with Crippen molar-refractivity contribution < 1.29 is 37.4 Å². The number of aliphatic carboxylic acids is 1. The molecule has 0 aliphatic rings. The Morgan fingerprint density at radius 2 is 1.51 bits per heavy atom. The van der Waals surface area contributed by atoms with Crippen LogP contribution in [0.15, 0.2) is 91.0 Å². The molecule has 0 aromatic heterocycles. The van der Waals surface area contributed by atoms with Gasteiger partial charge in [-0.25, -0.2) is 4.79 Å². The summed E-state index contributed by atoms with van der Waals surface area (Å²) in [5, 5.41) is 15.9. The summed E-state index contributed by atoms with van der Waals surface area (Å²) in [6, 6.07) is 24.3. The van der Waals surface area contributed by atoms with Crippen LogP contribution in [0.5, 0.6) is 5.75 Å². The van der Waals surface area contributed by atoms with Gasteiger partial charge in [0.15, 0.2) is 0 Å². The van der Waals surface area contributed by atoms with Crippen LogP contribution in [-0.4, -0.2) is 40.8 Å². The molecule has 212 valence electrons. The maximum atomic E-state index is 13.4. The summed E-state index contributed by atoms with van der Waals surface area (Å²) in [7, 11) is 0. The second-order valence-electron chi connectivity index (χ2n) is 9.10. The normalized spacial score (nSPS) is 11.1. The summed E-state index contributed by atoms with van der Waals surface area (Å²) < 4.78 is 43.2. The Morgan fingerprint density at radius 1 is 0.829 bits per heavy atom. The van der Waals surface area contributed by atoms with E-state index in [1.807, 2.05) is 30.3 Å². The molecule has 4 aromatic carbocycles. The molecule has 0 saturated carbocycles. The Bertz CT molecular complexity index is 1540. The SMILES string of the molecule is O=C(O)CCNC(=O)c1ccc(CN(Cc2ccccc2OC(F)(F)F)C(=O)Nc2ccc3ccccc3c2)cc1. The maximum Gasteiger partial charge on any atom is 0.573 e. The van der Waals surface area contributed by atoms with Crippen LogP contribution in [0.4, 0.5) is 23.7 Å². The van der Waals surface area contributed by atoms with E-state index in [1.165, 1.54) is 35.2 Å². The average Bonchev–Trinajstić information content (AvgIpc) is 2.93. The molecule has 11 heteroatoms. The van der Waals surface area contributed by atoms with Crippen LogP contribution < -0.4 is 15.4 Å². The minimum atomic E-state index is -4.91. The van der Waals surface area contributed by atoms with Gasteiger partial charge in [-0.1, -0.05) is 60.7 Å². The summed E-state index contributed by atoms with van der Waals surface area (Å²) in [6.45, 7) is -0.234. The maximum absolute atomic E-state index is 13.4. The van der Waals surface area contributed by atoms with Crippen molar-refractivity contribution in [1.82, 2.24) is 10.2 Å². The molecule has 0 heterocycles. The zero-order chi connectivity index (χ0) is 29.4. The lowest BCUT2D eigenvalue weighted by Gasteiger charge is -2.25. The molecule has 0 aliphatic heterocycles. The van der Waals surface area contributed by atoms with Crippen LogP contribution in [0.2, 0.25) is 0 Å². The van der Waals surface area contributed by atoms with Crippen LogP contribution in [0.25, 0.3) is 10.8 Å². The number of carbonyl (C=O) groups is 3. The first kappa shape index (κ1) is 28.9. The molecule has 4 aromatic rings. The summed E-state index contributed by atoms with van der Waals surface area (Å²) in [6.07, 6.45) is -5.13. The van der Waals surface area contributed by atoms with Crippen LogP contribution in [0, 0.1) is 0 Å². The van der Waals surface area contributed by atoms with Crippen molar-refractivity contribution in [1.29, 1.82) is 0 Å². The monoisotopic (exact) mass is 565 g/mol. The Kier molecular flexibility index (Phi) is 9.08. The van der Waals surface area contributed by atoms with E-state index in [-0.39, 0.29) is 37.2 Å². The number of anilines is 1. The molecule has 0 spiro atoms. The van der Waals surface area contributed by atoms with Crippen LogP contribution >= 0.6 is 0 Å². The third-order valence-electron chi connectivity index (χ3n) is 6.06. The van der Waals surface area contributed by atoms with E-state index in [0.717, 1.165) is 10.8 Å². The quantitative estimate of drug-likeness (QED) is 0.213. The molecule has 0 aliphatic carbocycles. The number of benzene rings is 4. The molecule has 0 bridgehead atoms. The molecule has 0 fully saturated rings. The fourth-order valence-electron chi connectivity index (χ4n) is 4.10. The van der Waals surface area contributed by atoms with Crippen molar-refractivity contribution >= 4 is 34.4 Å². The highest BCUT2D eigenvalue weighted by atomic mass is 19.4. The van der Waals surface area contributed by atoms with Crippen LogP contribution in [0.1, 0.15) is 27.9 Å². The number of nitrogens with one attached hydrogen (secondary N) is 2. The third-order valence-corrected chi connectivity index (χ3v) is 6.06. The Morgan fingerprint density at radius 3 is 2.22 bits per heavy atom. The van der Waals surface area contributed by atoms with Crippen molar-refractivity contribution in [3.8, 4) is 5.75 Å². The summed E-state index contributed by atoms with van der Waals surface area (Å²) in [5.41, 5.74) is 1.55. The predicted octanol–water partition coefficient (Wildman–Crippen LogP) is 6.18. The molecule has 4 rings (SSSR count). The largest absolute Gasteiger partial charge is 0.573 e. The summed E-state index contributed by atoms with van der Waals surface area (Å²) >= 11 is 0. The van der Waals surface area contributed by atoms with Gasteiger partial charge < -0.3 is 25.4 Å². The standard InChI is InChI=1S/C30H26F3N3O5/c31-30(32,33)41-26-8-4-3-7-24(26)19-36(29(40)35-25-14-13-21-5-1-2-6-23(21)17-25)18-20-9-11-22(12-10-20)28(39)34-16-15-27(37)38/h1-14,17H,15-16,18-19H2,(H,34,39)(H,35,40)(H,37,38). The van der Waals surface area contributed by atoms with Gasteiger partial charge in [-0.3, -0.25) is 9.59 Å². The lowest BCUT2D eigenvalue weighted by atomic mass is 10.1. The topological polar surface area (TPSA) is 108 Å². The van der Waals surface area contributed by atoms with Crippen molar-refractivity contribution in [2.24, 2.45) is 0 Å². The number of hydrogen-bond donors (Lipinski definition) is 3. The summed E-state index contributed by atoms with van der Waals surface area (Å²) in [4.78, 5) is 37.7. The van der Waals surface area contributed by atoms with Gasteiger partial charge in [0, 0.05) is 29.9 Å². The van der Waals surface area contributed by atoms with Gasteiger partial charge in [0.05, 0.1) is 13.0 Å². The highest BCUT2D eigenvalue weighted by Crippen LogP contribution is 2.28. The first-order valence-electron chi connectivity index (χ1n) is 12.5. The number of para-hydroxylation sites is 1. The molecule has 0 atom stereocenters. The molecule has 3 amide bonds. The third kappa shape index (κ3) is 8.46. The van der Waals surface area contributed by atoms with Gasteiger partial charge in [-0.2, -0.15) is 0 Å². The number of nitrogens with zero attached hydrogens (tertiary/aromatic N) is 1. The van der Waals surface area contributed by atoms with Crippen molar-refractivity contribution in [2.75, 3.05) is 11.9 Å². The second kappa shape index (κ2) is 12.9. The van der Waals surface area contributed by atoms with E-state index in [9.17, 15) is 27.6 Å². The van der Waals surface area contributed by atoms with E-state index in [0.29, 0.717) is 11.3 Å². The molecular weight excluding hydrogens is 539 g/mol. The fourth-order valence-corrected chi connectivity index (χ4v) is 4.10. The highest BCUT2D eigenvalue weighted by molar-refractivity contribution is 5.95. The van der Waals surface area contributed by atoms with E-state index >= 15 is 0 Å². The zero-order valence-corrected chi connectivity index (χ0v) is 21.6. The number of ether oxygens (including phenoxy) is 1. The van der Waals surface area contributed by atoms with Crippen molar-refractivity contribution in [3.63, 3.8) is 0 Å². The molecular formula is C30H26F3N3O5. The molecule has 0 saturated heterocycles. The molecule has 41 heavy (non-hydrogen) atoms. The zero-order valence-electron chi connectivity index (χ0n) is 21.6. The van der Waals surface area contributed by atoms with E-state index in [4.69, 9.17) is 5.11 Å². The number of hydrogen-bond acceptors (Lipinski definition) is 4. The minimum absolute atomic E-state index is 0.000675. The summed E-state index contributed by atoms with van der Waals surface area (Å²) in [5.74, 6) is -1.91. The molecule has 0 unspecified atom stereocenters. The number of fused-ring (bicyclic) bond motifs is 1. The van der Waals surface area contributed by atoms with Crippen molar-refractivity contribution in [3.05, 3.63) is 108 Å². The van der Waals surface area contributed by atoms with Gasteiger partial charge in [0.1, 0.15) is 5.75 Å². The van der Waals surface area contributed by atoms with Gasteiger partial charge in [-0.15, -0.1) is 13.2 Å². The van der Waals surface area contributed by atoms with Crippen LogP contribution in [-0.2, 0) is 17.9 Å². The average molecular weight is 566 g/mol. The fraction of sp³-hybridized carbons (Fsp3) is 0.167. The smallest absolute Gasteiger partial charge is 0.481 e. The number of halogens is 3. The van der Waals surface area contributed by atoms with Gasteiger partial charge in [0.25, 0.3) is 5.91 Å². The molecule has 8 nitrogen and oxygen atoms in total. The second-order valence-corrected chi connectivity index (χ2v) is 9.10. The lowest BCUT2D eigenvalue weighted by Crippen LogP contribution is -2.34. The van der Waals surface area contributed by atoms with E-state index in [2.05, 4.69) is 15.4 Å². The molecule has 0 radical (unpaired) electrons. The van der Waals surface area contributed by atoms with E-state index in [1.54, 1.807) is 30.3 Å². The Labute approximate surface area is 233 Å². The highest BCUT2D eigenvalue weighted by Gasteiger charge is 2.32. The minimum Gasteiger partial charge on any atom is -0.481 e. The number of rotatable bonds is 10. The van der Waals surface area contributed by atoms with Crippen molar-refractivity contribution in [2.45, 2.75) is 25.9 Å². The number of urea groups is 1. The Balaban J connectivity index is 1.55. The number of carboxylic acids is 1. The number of carboxylic acid groups (broad SMARTS) is 1. The first-order chi connectivity index (χ1) is 19.6. The Hall–Kier alpha value is -5.06.